The van der Waals surface area contributed by atoms with Gasteiger partial charge >= 0.3 is 29.2 Å². The molecule has 1 aromatic heterocycles. The number of aromatic nitrogens is 2. The fraction of sp³-hybridized carbons (Fsp3) is 0.600. The van der Waals surface area contributed by atoms with Crippen LogP contribution in [0.1, 0.15) is 11.8 Å². The maximum atomic E-state index is 12.1. The summed E-state index contributed by atoms with van der Waals surface area (Å²) in [5, 5.41) is 13.6. The highest BCUT2D eigenvalue weighted by Gasteiger charge is 2.47. The van der Waals surface area contributed by atoms with E-state index < -0.39 is 65.8 Å². The Labute approximate surface area is 176 Å². The second kappa shape index (κ2) is 9.67. The van der Waals surface area contributed by atoms with Crippen LogP contribution in [0.4, 0.5) is 0 Å². The monoisotopic (exact) mass is 523 g/mol. The van der Waals surface area contributed by atoms with Crippen molar-refractivity contribution in [2.45, 2.75) is 31.4 Å². The van der Waals surface area contributed by atoms with Gasteiger partial charge in [0.1, 0.15) is 18.4 Å². The molecule has 6 atom stereocenters. The molecule has 2 rings (SSSR count). The van der Waals surface area contributed by atoms with E-state index in [9.17, 15) is 33.3 Å². The summed E-state index contributed by atoms with van der Waals surface area (Å²) < 4.78 is 51.3. The zero-order chi connectivity index (χ0) is 24.5. The van der Waals surface area contributed by atoms with Gasteiger partial charge in [0, 0.05) is 16.7 Å². The summed E-state index contributed by atoms with van der Waals surface area (Å²) in [6.07, 6.45) is -3.79. The third-order valence-electron chi connectivity index (χ3n) is 3.76. The number of aliphatic hydroxyl groups is 1. The van der Waals surface area contributed by atoms with Crippen LogP contribution < -0.4 is 11.2 Å². The minimum absolute atomic E-state index is 0.0547. The number of nitrogens with zero attached hydrogens (tertiary/aromatic N) is 4. The Morgan fingerprint density at radius 1 is 1.22 bits per heavy atom. The summed E-state index contributed by atoms with van der Waals surface area (Å²) in [5.74, 6) is 0. The van der Waals surface area contributed by atoms with Crippen molar-refractivity contribution in [3.05, 3.63) is 43.0 Å². The molecular formula is C10H16N5O14P3. The molecule has 6 N–H and O–H groups in total. The maximum Gasteiger partial charge on any atom is 0.490 e. The molecule has 0 aromatic carbocycles. The smallest absolute Gasteiger partial charge is 0.390 e. The molecule has 0 amide bonds. The Morgan fingerprint density at radius 3 is 2.41 bits per heavy atom. The van der Waals surface area contributed by atoms with Crippen molar-refractivity contribution in [2.75, 3.05) is 6.61 Å². The van der Waals surface area contributed by atoms with Crippen molar-refractivity contribution in [3.8, 4) is 0 Å². The van der Waals surface area contributed by atoms with Gasteiger partial charge in [-0.25, -0.2) is 18.5 Å². The van der Waals surface area contributed by atoms with Crippen molar-refractivity contribution >= 4 is 23.5 Å². The van der Waals surface area contributed by atoms with E-state index in [2.05, 4.69) is 23.2 Å². The first kappa shape index (κ1) is 26.6. The zero-order valence-corrected chi connectivity index (χ0v) is 18.3. The van der Waals surface area contributed by atoms with Crippen molar-refractivity contribution in [3.63, 3.8) is 0 Å². The second-order valence-electron chi connectivity index (χ2n) is 6.12. The number of hydrogen-bond donors (Lipinski definition) is 6. The van der Waals surface area contributed by atoms with Crippen molar-refractivity contribution < 1.29 is 56.3 Å². The van der Waals surface area contributed by atoms with E-state index in [1.54, 1.807) is 0 Å². The Hall–Kier alpha value is -1.68. The van der Waals surface area contributed by atoms with E-state index in [-0.39, 0.29) is 5.56 Å². The molecule has 1 fully saturated rings. The maximum absolute atomic E-state index is 12.1. The van der Waals surface area contributed by atoms with E-state index in [4.69, 9.17) is 24.9 Å². The number of aromatic amines is 1. The number of nitrogens with one attached hydrogen (secondary N) is 1. The van der Waals surface area contributed by atoms with Gasteiger partial charge in [0.05, 0.1) is 12.7 Å². The number of ether oxygens (including phenoxy) is 1. The zero-order valence-electron chi connectivity index (χ0n) is 15.6. The van der Waals surface area contributed by atoms with Crippen LogP contribution in [0.5, 0.6) is 0 Å². The van der Waals surface area contributed by atoms with Gasteiger partial charge in [-0.3, -0.25) is 18.9 Å². The Balaban J connectivity index is 2.20. The average molecular weight is 523 g/mol. The quantitative estimate of drug-likeness (QED) is 0.0992. The molecule has 0 radical (unpaired) electrons. The number of rotatable bonds is 9. The highest BCUT2D eigenvalue weighted by atomic mass is 31.3. The van der Waals surface area contributed by atoms with Gasteiger partial charge in [-0.05, 0) is 12.5 Å². The lowest BCUT2D eigenvalue weighted by molar-refractivity contribution is -0.0456. The predicted molar refractivity (Wildman–Crippen MR) is 98.7 cm³/mol. The molecule has 0 aliphatic carbocycles. The molecule has 180 valence electrons. The summed E-state index contributed by atoms with van der Waals surface area (Å²) in [5.41, 5.74) is 7.06. The van der Waals surface area contributed by atoms with Crippen LogP contribution in [0.3, 0.4) is 0 Å². The Bertz CT molecular complexity index is 1170. The lowest BCUT2D eigenvalue weighted by Crippen LogP contribution is -2.37. The minimum atomic E-state index is -5.76. The van der Waals surface area contributed by atoms with Crippen molar-refractivity contribution in [2.24, 2.45) is 5.11 Å². The molecule has 1 saturated heterocycles. The molecule has 1 aliphatic rings. The number of phosphoric acid groups is 3. The lowest BCUT2D eigenvalue weighted by Gasteiger charge is -2.19. The van der Waals surface area contributed by atoms with Gasteiger partial charge in [-0.15, -0.1) is 0 Å². The first-order chi connectivity index (χ1) is 14.6. The van der Waals surface area contributed by atoms with Crippen molar-refractivity contribution in [1.82, 2.24) is 9.55 Å². The van der Waals surface area contributed by atoms with Crippen LogP contribution in [0.2, 0.25) is 0 Å². The van der Waals surface area contributed by atoms with Crippen LogP contribution in [0.15, 0.2) is 20.9 Å². The molecule has 32 heavy (non-hydrogen) atoms. The molecule has 2 heterocycles. The average Bonchev–Trinajstić information content (AvgIpc) is 2.90. The fourth-order valence-corrected chi connectivity index (χ4v) is 5.56. The van der Waals surface area contributed by atoms with Gasteiger partial charge in [-0.2, -0.15) is 8.62 Å². The van der Waals surface area contributed by atoms with Crippen LogP contribution in [-0.2, 0) is 31.6 Å². The molecule has 0 saturated carbocycles. The first-order valence-electron chi connectivity index (χ1n) is 8.03. The summed E-state index contributed by atoms with van der Waals surface area (Å²) in [4.78, 5) is 63.6. The molecule has 3 unspecified atom stereocenters. The normalized spacial score (nSPS) is 27.3. The highest BCUT2D eigenvalue weighted by molar-refractivity contribution is 7.66. The Morgan fingerprint density at radius 2 is 1.84 bits per heavy atom. The number of H-pyrrole nitrogens is 1. The van der Waals surface area contributed by atoms with E-state index in [0.29, 0.717) is 0 Å². The number of hydrogen-bond acceptors (Lipinski definition) is 11. The summed E-state index contributed by atoms with van der Waals surface area (Å²) in [6, 6.07) is -1.49. The SMILES string of the molecule is Cc1cn([C@@H]2O[C@H](COP(=O)(O)OP(=O)(O)OP(=O)(O)O)[C@@H](O)C2N=[N+]=[N-])c(=O)[nH]c1=O. The molecule has 19 nitrogen and oxygen atoms in total. The molecule has 0 bridgehead atoms. The minimum Gasteiger partial charge on any atom is -0.390 e. The first-order valence-corrected chi connectivity index (χ1v) is 12.6. The van der Waals surface area contributed by atoms with Crippen LogP contribution in [0.25, 0.3) is 10.4 Å². The highest BCUT2D eigenvalue weighted by Crippen LogP contribution is 2.66. The number of phosphoric ester groups is 1. The van der Waals surface area contributed by atoms with E-state index in [1.807, 2.05) is 4.98 Å². The predicted octanol–water partition coefficient (Wildman–Crippen LogP) is -0.874. The molecule has 0 spiro atoms. The van der Waals surface area contributed by atoms with Gasteiger partial charge in [0.25, 0.3) is 5.56 Å². The molecule has 1 aliphatic heterocycles. The van der Waals surface area contributed by atoms with Crippen LogP contribution >= 0.6 is 23.5 Å². The number of aliphatic hydroxyl groups excluding tert-OH is 1. The fourth-order valence-electron chi connectivity index (χ4n) is 2.53. The van der Waals surface area contributed by atoms with Gasteiger partial charge in [-0.1, -0.05) is 5.11 Å². The lowest BCUT2D eigenvalue weighted by atomic mass is 10.1. The van der Waals surface area contributed by atoms with Gasteiger partial charge in [0.2, 0.25) is 0 Å². The third-order valence-corrected chi connectivity index (χ3v) is 7.56. The topological polar surface area (TPSA) is 293 Å². The number of azide groups is 1. The number of aryl methyl sites for hydroxylation is 1. The van der Waals surface area contributed by atoms with Gasteiger partial charge < -0.3 is 29.4 Å². The van der Waals surface area contributed by atoms with E-state index >= 15 is 0 Å². The molecule has 1 aromatic rings. The molecule has 22 heteroatoms. The Kier molecular flexibility index (Phi) is 8.03. The van der Waals surface area contributed by atoms with Crippen LogP contribution in [-0.4, -0.2) is 59.1 Å². The van der Waals surface area contributed by atoms with E-state index in [0.717, 1.165) is 10.8 Å². The standard InChI is InChI=1S/C10H16N5O14P3/c1-4-2-15(10(18)12-8(4)17)9-6(13-14-11)7(16)5(27-9)3-26-31(22,23)29-32(24,25)28-30(19,20)21/h2,5-7,9,16H,3H2,1H3,(H,22,23)(H,24,25)(H,12,17,18)(H2,19,20,21)/t5-,6?,7-,9-/m1/s1. The third kappa shape index (κ3) is 6.91. The van der Waals surface area contributed by atoms with Crippen LogP contribution in [0, 0.1) is 6.92 Å². The summed E-state index contributed by atoms with van der Waals surface area (Å²) in [6.45, 7) is 0.283. The summed E-state index contributed by atoms with van der Waals surface area (Å²) >= 11 is 0. The van der Waals surface area contributed by atoms with E-state index in [1.165, 1.54) is 6.92 Å². The van der Waals surface area contributed by atoms with Gasteiger partial charge in [0.15, 0.2) is 0 Å². The largest absolute Gasteiger partial charge is 0.490 e. The molecular weight excluding hydrogens is 507 g/mol. The van der Waals surface area contributed by atoms with Crippen molar-refractivity contribution in [1.29, 1.82) is 0 Å². The summed E-state index contributed by atoms with van der Waals surface area (Å²) in [7, 11) is -16.9. The second-order valence-corrected chi connectivity index (χ2v) is 10.5.